The number of carbonyl (C=O) groups is 8. The Hall–Kier alpha value is -7.16. The molecule has 2 N–H and O–H groups in total. The van der Waals surface area contributed by atoms with Gasteiger partial charge in [-0.15, -0.1) is 0 Å². The molecule has 0 fully saturated rings. The normalized spacial score (nSPS) is 12.2. The number of ether oxygens (including phenoxy) is 4. The molecule has 1 aliphatic heterocycles. The largest absolute Gasteiger partial charge is 0.462 e. The topological polar surface area (TPSA) is 201 Å². The Morgan fingerprint density at radius 3 is 1.56 bits per heavy atom. The Bertz CT molecular complexity index is 2120. The number of nitrogens with zero attached hydrogens (tertiary/aromatic N) is 1. The van der Waals surface area contributed by atoms with E-state index < -0.39 is 66.8 Å². The molecule has 4 amide bonds. The van der Waals surface area contributed by atoms with Crippen LogP contribution in [0.2, 0.25) is 0 Å². The molecule has 0 saturated heterocycles. The molecule has 4 aromatic rings. The molecule has 5 rings (SSSR count). The van der Waals surface area contributed by atoms with Crippen molar-refractivity contribution in [1.29, 1.82) is 0 Å². The fourth-order valence-electron chi connectivity index (χ4n) is 5.44. The van der Waals surface area contributed by atoms with E-state index in [0.29, 0.717) is 16.9 Å². The van der Waals surface area contributed by atoms with E-state index in [0.717, 1.165) is 11.0 Å². The molecule has 282 valence electrons. The molecular formula is C40H35N3O12. The van der Waals surface area contributed by atoms with Crippen LogP contribution in [-0.2, 0) is 39.8 Å². The average molecular weight is 750 g/mol. The first-order valence-corrected chi connectivity index (χ1v) is 17.0. The molecule has 15 heteroatoms. The van der Waals surface area contributed by atoms with E-state index in [1.54, 1.807) is 44.2 Å². The van der Waals surface area contributed by atoms with Crippen LogP contribution in [0.3, 0.4) is 0 Å². The number of hydrogen-bond acceptors (Lipinski definition) is 12. The molecule has 0 spiro atoms. The van der Waals surface area contributed by atoms with Gasteiger partial charge in [0.2, 0.25) is 0 Å². The van der Waals surface area contributed by atoms with Crippen molar-refractivity contribution >= 4 is 58.9 Å². The van der Waals surface area contributed by atoms with E-state index >= 15 is 0 Å². The summed E-state index contributed by atoms with van der Waals surface area (Å²) in [5.74, 6) is -6.15. The van der Waals surface area contributed by atoms with Gasteiger partial charge < -0.3 is 29.6 Å². The molecule has 1 heterocycles. The standard InChI is InChI=1S/C40H35N3O12/c1-3-52-37(48)25-10-15-28(16-11-25)41-33(44)22-54-39(50)27-14-19-30-31(21-27)36(47)43(35(30)46)32(20-24-8-6-5-7-9-24)40(51)55-23-34(45)42-29-17-12-26(13-18-29)38(49)53-4-2/h5-19,21,32H,3-4,20,22-23H2,1-2H3,(H,41,44)(H,42,45). The summed E-state index contributed by atoms with van der Waals surface area (Å²) in [7, 11) is 0. The minimum atomic E-state index is -1.49. The van der Waals surface area contributed by atoms with Crippen LogP contribution in [0, 0.1) is 0 Å². The van der Waals surface area contributed by atoms with E-state index in [-0.39, 0.29) is 47.5 Å². The van der Waals surface area contributed by atoms with Gasteiger partial charge in [-0.25, -0.2) is 19.2 Å². The van der Waals surface area contributed by atoms with Crippen molar-refractivity contribution in [3.05, 3.63) is 130 Å². The third kappa shape index (κ3) is 9.84. The number of nitrogens with one attached hydrogen (secondary N) is 2. The Labute approximate surface area is 314 Å². The Morgan fingerprint density at radius 1 is 0.564 bits per heavy atom. The van der Waals surface area contributed by atoms with E-state index in [1.807, 2.05) is 0 Å². The lowest BCUT2D eigenvalue weighted by molar-refractivity contribution is -0.151. The number of carbonyl (C=O) groups excluding carboxylic acids is 8. The van der Waals surface area contributed by atoms with Crippen molar-refractivity contribution in [3.63, 3.8) is 0 Å². The third-order valence-corrected chi connectivity index (χ3v) is 8.05. The molecule has 1 atom stereocenters. The van der Waals surface area contributed by atoms with Gasteiger partial charge in [0.1, 0.15) is 6.04 Å². The maximum atomic E-state index is 13.7. The van der Waals surface area contributed by atoms with Crippen LogP contribution in [0.4, 0.5) is 11.4 Å². The van der Waals surface area contributed by atoms with E-state index in [9.17, 15) is 38.4 Å². The highest BCUT2D eigenvalue weighted by Gasteiger charge is 2.44. The molecule has 0 bridgehead atoms. The quantitative estimate of drug-likeness (QED) is 0.0998. The van der Waals surface area contributed by atoms with Crippen molar-refractivity contribution in [3.8, 4) is 0 Å². The predicted molar refractivity (Wildman–Crippen MR) is 194 cm³/mol. The second-order valence-corrected chi connectivity index (χ2v) is 11.8. The molecule has 0 aliphatic carbocycles. The van der Waals surface area contributed by atoms with Gasteiger partial charge in [0.15, 0.2) is 13.2 Å². The van der Waals surface area contributed by atoms with Gasteiger partial charge >= 0.3 is 23.9 Å². The van der Waals surface area contributed by atoms with Gasteiger partial charge in [0.05, 0.1) is 41.0 Å². The van der Waals surface area contributed by atoms with Gasteiger partial charge in [0, 0.05) is 17.8 Å². The van der Waals surface area contributed by atoms with E-state index in [1.165, 1.54) is 60.7 Å². The fraction of sp³-hybridized carbons (Fsp3) is 0.200. The lowest BCUT2D eigenvalue weighted by Crippen LogP contribution is -2.47. The number of esters is 4. The summed E-state index contributed by atoms with van der Waals surface area (Å²) < 4.78 is 20.3. The monoisotopic (exact) mass is 749 g/mol. The highest BCUT2D eigenvalue weighted by molar-refractivity contribution is 6.23. The van der Waals surface area contributed by atoms with Crippen LogP contribution >= 0.6 is 0 Å². The third-order valence-electron chi connectivity index (χ3n) is 8.05. The Balaban J connectivity index is 1.23. The summed E-state index contributed by atoms with van der Waals surface area (Å²) in [5, 5.41) is 5.07. The molecule has 1 unspecified atom stereocenters. The van der Waals surface area contributed by atoms with Crippen molar-refractivity contribution in [1.82, 2.24) is 4.90 Å². The van der Waals surface area contributed by atoms with Crippen LogP contribution < -0.4 is 10.6 Å². The minimum absolute atomic E-state index is 0.0829. The number of rotatable bonds is 15. The summed E-state index contributed by atoms with van der Waals surface area (Å²) in [5.41, 5.74) is 1.40. The highest BCUT2D eigenvalue weighted by Crippen LogP contribution is 2.28. The van der Waals surface area contributed by atoms with Crippen LogP contribution in [0.25, 0.3) is 0 Å². The highest BCUT2D eigenvalue weighted by atomic mass is 16.5. The van der Waals surface area contributed by atoms with Gasteiger partial charge in [-0.3, -0.25) is 24.1 Å². The SMILES string of the molecule is CCOC(=O)c1ccc(NC(=O)COC(=O)c2ccc3c(c2)C(=O)N(C(Cc2ccccc2)C(=O)OCC(=O)Nc2ccc(C(=O)OCC)cc2)C3=O)cc1. The second-order valence-electron chi connectivity index (χ2n) is 11.8. The fourth-order valence-corrected chi connectivity index (χ4v) is 5.44. The zero-order valence-electron chi connectivity index (χ0n) is 29.7. The zero-order chi connectivity index (χ0) is 39.5. The predicted octanol–water partition coefficient (Wildman–Crippen LogP) is 4.22. The lowest BCUT2D eigenvalue weighted by atomic mass is 10.0. The number of imide groups is 1. The summed E-state index contributed by atoms with van der Waals surface area (Å²) in [6.07, 6.45) is -0.141. The minimum Gasteiger partial charge on any atom is -0.462 e. The van der Waals surface area contributed by atoms with Crippen LogP contribution in [0.5, 0.6) is 0 Å². The van der Waals surface area contributed by atoms with Crippen LogP contribution in [-0.4, -0.2) is 84.9 Å². The average Bonchev–Trinajstić information content (AvgIpc) is 3.43. The lowest BCUT2D eigenvalue weighted by Gasteiger charge is -2.24. The molecule has 0 aromatic heterocycles. The maximum absolute atomic E-state index is 13.7. The number of fused-ring (bicyclic) bond motifs is 1. The van der Waals surface area contributed by atoms with Crippen molar-refractivity contribution in [2.45, 2.75) is 26.3 Å². The van der Waals surface area contributed by atoms with Crippen LogP contribution in [0.15, 0.2) is 97.1 Å². The van der Waals surface area contributed by atoms with Gasteiger partial charge in [-0.1, -0.05) is 30.3 Å². The molecule has 4 aromatic carbocycles. The molecule has 0 radical (unpaired) electrons. The number of hydrogen-bond donors (Lipinski definition) is 2. The summed E-state index contributed by atoms with van der Waals surface area (Å²) in [6.45, 7) is 2.32. The van der Waals surface area contributed by atoms with E-state index in [4.69, 9.17) is 18.9 Å². The summed E-state index contributed by atoms with van der Waals surface area (Å²) in [6, 6.07) is 22.4. The molecular weight excluding hydrogens is 714 g/mol. The van der Waals surface area contributed by atoms with Crippen molar-refractivity contribution in [2.24, 2.45) is 0 Å². The molecule has 55 heavy (non-hydrogen) atoms. The number of anilines is 2. The van der Waals surface area contributed by atoms with Gasteiger partial charge in [0.25, 0.3) is 23.6 Å². The first-order valence-electron chi connectivity index (χ1n) is 17.0. The van der Waals surface area contributed by atoms with Crippen molar-refractivity contribution < 1.29 is 57.3 Å². The number of amides is 4. The Kier molecular flexibility index (Phi) is 12.8. The zero-order valence-corrected chi connectivity index (χ0v) is 29.7. The molecule has 0 saturated carbocycles. The number of benzene rings is 4. The maximum Gasteiger partial charge on any atom is 0.338 e. The van der Waals surface area contributed by atoms with E-state index in [2.05, 4.69) is 10.6 Å². The molecule has 15 nitrogen and oxygen atoms in total. The molecule has 1 aliphatic rings. The van der Waals surface area contributed by atoms with Gasteiger partial charge in [-0.05, 0) is 86.1 Å². The van der Waals surface area contributed by atoms with Gasteiger partial charge in [-0.2, -0.15) is 0 Å². The smallest absolute Gasteiger partial charge is 0.338 e. The van der Waals surface area contributed by atoms with Crippen LogP contribution in [0.1, 0.15) is 71.2 Å². The second kappa shape index (κ2) is 18.1. The first kappa shape index (κ1) is 39.1. The van der Waals surface area contributed by atoms with Crippen molar-refractivity contribution in [2.75, 3.05) is 37.1 Å². The Morgan fingerprint density at radius 2 is 1.04 bits per heavy atom. The summed E-state index contributed by atoms with van der Waals surface area (Å²) in [4.78, 5) is 103. The summed E-state index contributed by atoms with van der Waals surface area (Å²) >= 11 is 0. The first-order chi connectivity index (χ1) is 26.5.